The van der Waals surface area contributed by atoms with Crippen molar-refractivity contribution in [2.45, 2.75) is 13.8 Å². The lowest BCUT2D eigenvalue weighted by molar-refractivity contribution is 0.0735. The second-order valence-corrected chi connectivity index (χ2v) is 4.61. The molecule has 0 saturated carbocycles. The smallest absolute Gasteiger partial charge is 0.270 e. The Morgan fingerprint density at radius 2 is 2.27 bits per heavy atom. The number of H-pyrrole nitrogens is 1. The standard InChI is InChI=1S/C11H19N3O/c1-11(2,7-12)8-14(3)10(15)9-5-4-6-13-9/h4-6,13H,7-8,12H2,1-3H3. The van der Waals surface area contributed by atoms with Crippen molar-refractivity contribution in [3.63, 3.8) is 0 Å². The first-order valence-corrected chi connectivity index (χ1v) is 5.05. The average Bonchev–Trinajstić information content (AvgIpc) is 2.68. The highest BCUT2D eigenvalue weighted by Crippen LogP contribution is 2.15. The van der Waals surface area contributed by atoms with Gasteiger partial charge in [-0.1, -0.05) is 13.8 Å². The maximum absolute atomic E-state index is 11.9. The molecule has 15 heavy (non-hydrogen) atoms. The van der Waals surface area contributed by atoms with Gasteiger partial charge >= 0.3 is 0 Å². The lowest BCUT2D eigenvalue weighted by atomic mass is 9.93. The lowest BCUT2D eigenvalue weighted by Gasteiger charge is -2.28. The van der Waals surface area contributed by atoms with Crippen LogP contribution in [0.2, 0.25) is 0 Å². The summed E-state index contributed by atoms with van der Waals surface area (Å²) in [7, 11) is 1.79. The molecule has 0 saturated heterocycles. The number of nitrogens with one attached hydrogen (secondary N) is 1. The highest BCUT2D eigenvalue weighted by molar-refractivity contribution is 5.92. The number of carbonyl (C=O) groups is 1. The second kappa shape index (κ2) is 4.49. The van der Waals surface area contributed by atoms with Gasteiger partial charge in [0, 0.05) is 19.8 Å². The van der Waals surface area contributed by atoms with Gasteiger partial charge in [-0.15, -0.1) is 0 Å². The average molecular weight is 209 g/mol. The largest absolute Gasteiger partial charge is 0.357 e. The molecule has 4 nitrogen and oxygen atoms in total. The van der Waals surface area contributed by atoms with Gasteiger partial charge < -0.3 is 15.6 Å². The van der Waals surface area contributed by atoms with Gasteiger partial charge in [-0.2, -0.15) is 0 Å². The maximum atomic E-state index is 11.9. The SMILES string of the molecule is CN(CC(C)(C)CN)C(=O)c1ccc[nH]1. The molecule has 0 spiro atoms. The zero-order chi connectivity index (χ0) is 11.5. The zero-order valence-electron chi connectivity index (χ0n) is 9.58. The van der Waals surface area contributed by atoms with E-state index in [9.17, 15) is 4.79 Å². The van der Waals surface area contributed by atoms with Crippen LogP contribution in [0.3, 0.4) is 0 Å². The van der Waals surface area contributed by atoms with Gasteiger partial charge in [0.05, 0.1) is 0 Å². The summed E-state index contributed by atoms with van der Waals surface area (Å²) in [5, 5.41) is 0. The second-order valence-electron chi connectivity index (χ2n) is 4.61. The van der Waals surface area contributed by atoms with Crippen molar-refractivity contribution in [2.75, 3.05) is 20.1 Å². The Hall–Kier alpha value is -1.29. The summed E-state index contributed by atoms with van der Waals surface area (Å²) in [5.41, 5.74) is 6.20. The topological polar surface area (TPSA) is 62.1 Å². The Labute approximate surface area is 90.5 Å². The number of hydrogen-bond donors (Lipinski definition) is 2. The maximum Gasteiger partial charge on any atom is 0.270 e. The van der Waals surface area contributed by atoms with Crippen molar-refractivity contribution in [1.29, 1.82) is 0 Å². The molecule has 1 rings (SSSR count). The van der Waals surface area contributed by atoms with E-state index in [2.05, 4.69) is 4.98 Å². The molecule has 84 valence electrons. The molecule has 0 aliphatic heterocycles. The first-order chi connectivity index (χ1) is 6.96. The Kier molecular flexibility index (Phi) is 3.52. The van der Waals surface area contributed by atoms with E-state index in [0.717, 1.165) is 0 Å². The number of amides is 1. The van der Waals surface area contributed by atoms with Crippen LogP contribution in [0, 0.1) is 5.41 Å². The summed E-state index contributed by atoms with van der Waals surface area (Å²) in [6, 6.07) is 3.59. The minimum Gasteiger partial charge on any atom is -0.357 e. The van der Waals surface area contributed by atoms with Gasteiger partial charge in [-0.05, 0) is 24.1 Å². The van der Waals surface area contributed by atoms with Gasteiger partial charge in [0.1, 0.15) is 5.69 Å². The number of aromatic nitrogens is 1. The van der Waals surface area contributed by atoms with E-state index in [-0.39, 0.29) is 11.3 Å². The third kappa shape index (κ3) is 3.09. The fourth-order valence-electron chi connectivity index (χ4n) is 1.45. The van der Waals surface area contributed by atoms with E-state index < -0.39 is 0 Å². The first kappa shape index (κ1) is 11.8. The minimum atomic E-state index is -0.0446. The molecule has 3 N–H and O–H groups in total. The minimum absolute atomic E-state index is 0.00141. The highest BCUT2D eigenvalue weighted by atomic mass is 16.2. The zero-order valence-corrected chi connectivity index (χ0v) is 9.58. The van der Waals surface area contributed by atoms with Crippen molar-refractivity contribution < 1.29 is 4.79 Å². The Morgan fingerprint density at radius 1 is 1.60 bits per heavy atom. The van der Waals surface area contributed by atoms with E-state index in [1.807, 2.05) is 19.9 Å². The van der Waals surface area contributed by atoms with E-state index in [4.69, 9.17) is 5.73 Å². The molecule has 0 aliphatic rings. The molecule has 0 fully saturated rings. The summed E-state index contributed by atoms with van der Waals surface area (Å²) in [4.78, 5) is 16.4. The van der Waals surface area contributed by atoms with Crippen LogP contribution in [0.15, 0.2) is 18.3 Å². The van der Waals surface area contributed by atoms with Crippen LogP contribution in [0.1, 0.15) is 24.3 Å². The van der Waals surface area contributed by atoms with Crippen LogP contribution in [0.5, 0.6) is 0 Å². The molecule has 1 aromatic heterocycles. The first-order valence-electron chi connectivity index (χ1n) is 5.05. The van der Waals surface area contributed by atoms with Crippen LogP contribution in [-0.2, 0) is 0 Å². The quantitative estimate of drug-likeness (QED) is 0.779. The van der Waals surface area contributed by atoms with E-state index in [1.54, 1.807) is 24.2 Å². The molecule has 0 radical (unpaired) electrons. The lowest BCUT2D eigenvalue weighted by Crippen LogP contribution is -2.39. The Bertz CT molecular complexity index is 317. The molecule has 0 unspecified atom stereocenters. The third-order valence-electron chi connectivity index (χ3n) is 2.39. The van der Waals surface area contributed by atoms with Gasteiger partial charge in [0.25, 0.3) is 5.91 Å². The highest BCUT2D eigenvalue weighted by Gasteiger charge is 2.22. The van der Waals surface area contributed by atoms with E-state index in [1.165, 1.54) is 0 Å². The summed E-state index contributed by atoms with van der Waals surface area (Å²) < 4.78 is 0. The van der Waals surface area contributed by atoms with Crippen LogP contribution in [-0.4, -0.2) is 35.9 Å². The molecule has 0 aliphatic carbocycles. The Balaban J connectivity index is 2.62. The fourth-order valence-corrected chi connectivity index (χ4v) is 1.45. The molecule has 1 aromatic rings. The number of aromatic amines is 1. The van der Waals surface area contributed by atoms with Gasteiger partial charge in [-0.25, -0.2) is 0 Å². The van der Waals surface area contributed by atoms with E-state index >= 15 is 0 Å². The number of hydrogen-bond acceptors (Lipinski definition) is 2. The van der Waals surface area contributed by atoms with Crippen LogP contribution in [0.4, 0.5) is 0 Å². The van der Waals surface area contributed by atoms with Crippen molar-refractivity contribution in [3.05, 3.63) is 24.0 Å². The van der Waals surface area contributed by atoms with Gasteiger partial charge in [-0.3, -0.25) is 4.79 Å². The monoisotopic (exact) mass is 209 g/mol. The van der Waals surface area contributed by atoms with Crippen molar-refractivity contribution in [2.24, 2.45) is 11.1 Å². The number of nitrogens with zero attached hydrogens (tertiary/aromatic N) is 1. The third-order valence-corrected chi connectivity index (χ3v) is 2.39. The normalized spacial score (nSPS) is 11.5. The summed E-state index contributed by atoms with van der Waals surface area (Å²) in [6.07, 6.45) is 1.75. The predicted molar refractivity (Wildman–Crippen MR) is 60.6 cm³/mol. The molecule has 0 aromatic carbocycles. The number of carbonyl (C=O) groups excluding carboxylic acids is 1. The molecular formula is C11H19N3O. The van der Waals surface area contributed by atoms with Crippen LogP contribution < -0.4 is 5.73 Å². The van der Waals surface area contributed by atoms with Crippen molar-refractivity contribution in [3.8, 4) is 0 Å². The molecular weight excluding hydrogens is 190 g/mol. The number of nitrogens with two attached hydrogens (primary N) is 1. The van der Waals surface area contributed by atoms with Crippen LogP contribution >= 0.6 is 0 Å². The van der Waals surface area contributed by atoms with E-state index in [0.29, 0.717) is 18.8 Å². The summed E-state index contributed by atoms with van der Waals surface area (Å²) >= 11 is 0. The Morgan fingerprint density at radius 3 is 2.73 bits per heavy atom. The van der Waals surface area contributed by atoms with Crippen molar-refractivity contribution >= 4 is 5.91 Å². The molecule has 0 atom stereocenters. The molecule has 4 heteroatoms. The number of rotatable bonds is 4. The molecule has 1 amide bonds. The van der Waals surface area contributed by atoms with Crippen LogP contribution in [0.25, 0.3) is 0 Å². The molecule has 0 bridgehead atoms. The summed E-state index contributed by atoms with van der Waals surface area (Å²) in [5.74, 6) is 0.00141. The summed E-state index contributed by atoms with van der Waals surface area (Å²) in [6.45, 7) is 5.31. The van der Waals surface area contributed by atoms with Gasteiger partial charge in [0.2, 0.25) is 0 Å². The fraction of sp³-hybridized carbons (Fsp3) is 0.545. The van der Waals surface area contributed by atoms with Crippen molar-refractivity contribution in [1.82, 2.24) is 9.88 Å². The van der Waals surface area contributed by atoms with Gasteiger partial charge in [0.15, 0.2) is 0 Å². The predicted octanol–water partition coefficient (Wildman–Crippen LogP) is 1.07. The molecule has 1 heterocycles.